The molecule has 7 nitrogen and oxygen atoms in total. The van der Waals surface area contributed by atoms with Crippen molar-refractivity contribution >= 4 is 15.9 Å². The third kappa shape index (κ3) is 6.67. The van der Waals surface area contributed by atoms with Crippen LogP contribution in [-0.2, 0) is 21.2 Å². The maximum atomic E-state index is 12.9. The van der Waals surface area contributed by atoms with Crippen LogP contribution in [0.4, 0.5) is 0 Å². The number of carbonyl (C=O) groups is 1. The van der Waals surface area contributed by atoms with Gasteiger partial charge in [-0.25, -0.2) is 8.42 Å². The van der Waals surface area contributed by atoms with Crippen LogP contribution in [0.1, 0.15) is 51.0 Å². The number of hydrogen-bond donors (Lipinski definition) is 1. The van der Waals surface area contributed by atoms with Gasteiger partial charge in [0.25, 0.3) is 0 Å². The molecule has 1 unspecified atom stereocenters. The van der Waals surface area contributed by atoms with E-state index in [1.165, 1.54) is 17.1 Å². The molecule has 0 aliphatic carbocycles. The number of aryl methyl sites for hydroxylation is 1. The highest BCUT2D eigenvalue weighted by Crippen LogP contribution is 2.27. The average molecular weight is 452 g/mol. The molecule has 0 bridgehead atoms. The monoisotopic (exact) mass is 451 g/mol. The number of methoxy groups -OCH3 is 1. The van der Waals surface area contributed by atoms with E-state index in [0.717, 1.165) is 50.4 Å². The summed E-state index contributed by atoms with van der Waals surface area (Å²) in [7, 11) is -1.92. The number of benzene rings is 1. The number of nitrogens with one attached hydrogen (secondary N) is 1. The predicted octanol–water partition coefficient (Wildman–Crippen LogP) is 2.65. The van der Waals surface area contributed by atoms with Gasteiger partial charge in [-0.15, -0.1) is 0 Å². The first-order valence-corrected chi connectivity index (χ1v) is 13.0. The van der Waals surface area contributed by atoms with Crippen molar-refractivity contribution in [2.75, 3.05) is 46.4 Å². The lowest BCUT2D eigenvalue weighted by Gasteiger charge is -2.30. The fourth-order valence-corrected chi connectivity index (χ4v) is 6.11. The second kappa shape index (κ2) is 11.3. The van der Waals surface area contributed by atoms with Crippen molar-refractivity contribution in [3.05, 3.63) is 23.8 Å². The Kier molecular flexibility index (Phi) is 8.75. The summed E-state index contributed by atoms with van der Waals surface area (Å²) in [4.78, 5) is 15.1. The van der Waals surface area contributed by atoms with Crippen molar-refractivity contribution in [1.29, 1.82) is 0 Å². The highest BCUT2D eigenvalue weighted by atomic mass is 32.2. The number of sulfonamides is 1. The molecular weight excluding hydrogens is 414 g/mol. The molecule has 3 rings (SSSR count). The standard InChI is InChI=1S/C23H37N3O4S/c1-19-7-5-13-25(18-19)14-6-12-24-23(27)11-8-20-17-21(9-10-22(20)30-2)31(28,29)26-15-3-4-16-26/h9-10,17,19H,3-8,11-16,18H2,1-2H3,(H,24,27). The van der Waals surface area contributed by atoms with Gasteiger partial charge in [-0.05, 0) is 81.3 Å². The molecule has 0 radical (unpaired) electrons. The zero-order chi connectivity index (χ0) is 22.3. The summed E-state index contributed by atoms with van der Waals surface area (Å²) in [6, 6.07) is 4.95. The van der Waals surface area contributed by atoms with E-state index >= 15 is 0 Å². The number of rotatable bonds is 10. The van der Waals surface area contributed by atoms with Crippen molar-refractivity contribution < 1.29 is 17.9 Å². The molecule has 0 saturated carbocycles. The predicted molar refractivity (Wildman–Crippen MR) is 122 cm³/mol. The smallest absolute Gasteiger partial charge is 0.243 e. The lowest BCUT2D eigenvalue weighted by atomic mass is 10.0. The summed E-state index contributed by atoms with van der Waals surface area (Å²) in [6.07, 6.45) is 6.09. The van der Waals surface area contributed by atoms with Crippen LogP contribution >= 0.6 is 0 Å². The Bertz CT molecular complexity index is 837. The Balaban J connectivity index is 1.49. The number of piperidine rings is 1. The summed E-state index contributed by atoms with van der Waals surface area (Å²) in [5, 5.41) is 3.00. The van der Waals surface area contributed by atoms with E-state index in [1.807, 2.05) is 0 Å². The van der Waals surface area contributed by atoms with Crippen LogP contribution in [0.25, 0.3) is 0 Å². The second-order valence-electron chi connectivity index (χ2n) is 8.84. The fourth-order valence-electron chi connectivity index (χ4n) is 4.55. The molecular formula is C23H37N3O4S. The van der Waals surface area contributed by atoms with Crippen molar-refractivity contribution in [1.82, 2.24) is 14.5 Å². The van der Waals surface area contributed by atoms with E-state index in [0.29, 0.717) is 38.2 Å². The lowest BCUT2D eigenvalue weighted by molar-refractivity contribution is -0.121. The number of nitrogens with zero attached hydrogens (tertiary/aromatic N) is 2. The maximum Gasteiger partial charge on any atom is 0.243 e. The normalized spacial score (nSPS) is 20.6. The highest BCUT2D eigenvalue weighted by Gasteiger charge is 2.27. The average Bonchev–Trinajstić information content (AvgIpc) is 3.31. The summed E-state index contributed by atoms with van der Waals surface area (Å²) in [6.45, 7) is 7.46. The van der Waals surface area contributed by atoms with Gasteiger partial charge in [0.2, 0.25) is 15.9 Å². The van der Waals surface area contributed by atoms with Crippen LogP contribution < -0.4 is 10.1 Å². The highest BCUT2D eigenvalue weighted by molar-refractivity contribution is 7.89. The molecule has 0 aromatic heterocycles. The number of likely N-dealkylation sites (tertiary alicyclic amines) is 1. The number of ether oxygens (including phenoxy) is 1. The lowest BCUT2D eigenvalue weighted by Crippen LogP contribution is -2.36. The molecule has 2 fully saturated rings. The largest absolute Gasteiger partial charge is 0.496 e. The van der Waals surface area contributed by atoms with Crippen molar-refractivity contribution in [2.45, 2.75) is 56.8 Å². The van der Waals surface area contributed by atoms with Crippen LogP contribution in [-0.4, -0.2) is 69.9 Å². The van der Waals surface area contributed by atoms with Crippen molar-refractivity contribution in [3.8, 4) is 5.75 Å². The fraction of sp³-hybridized carbons (Fsp3) is 0.696. The van der Waals surface area contributed by atoms with Crippen LogP contribution in [0.3, 0.4) is 0 Å². The van der Waals surface area contributed by atoms with Gasteiger partial charge in [0.05, 0.1) is 12.0 Å². The van der Waals surface area contributed by atoms with Crippen LogP contribution in [0.5, 0.6) is 5.75 Å². The summed E-state index contributed by atoms with van der Waals surface area (Å²) in [5.41, 5.74) is 0.750. The molecule has 8 heteroatoms. The molecule has 1 aromatic rings. The molecule has 2 aliphatic heterocycles. The minimum absolute atomic E-state index is 0.0122. The molecule has 0 spiro atoms. The molecule has 1 amide bonds. The summed E-state index contributed by atoms with van der Waals surface area (Å²) in [5.74, 6) is 1.37. The van der Waals surface area contributed by atoms with Crippen molar-refractivity contribution in [3.63, 3.8) is 0 Å². The first kappa shape index (κ1) is 24.0. The molecule has 1 N–H and O–H groups in total. The van der Waals surface area contributed by atoms with Gasteiger partial charge in [0.15, 0.2) is 0 Å². The Labute approximate surface area is 187 Å². The molecule has 174 valence electrons. The van der Waals surface area contributed by atoms with Gasteiger partial charge >= 0.3 is 0 Å². The number of amides is 1. The summed E-state index contributed by atoms with van der Waals surface area (Å²) < 4.78 is 32.6. The van der Waals surface area contributed by atoms with Crippen LogP contribution in [0.15, 0.2) is 23.1 Å². The van der Waals surface area contributed by atoms with E-state index in [9.17, 15) is 13.2 Å². The van der Waals surface area contributed by atoms with E-state index in [1.54, 1.807) is 25.3 Å². The van der Waals surface area contributed by atoms with E-state index in [-0.39, 0.29) is 10.8 Å². The molecule has 2 saturated heterocycles. The van der Waals surface area contributed by atoms with Gasteiger partial charge in [-0.3, -0.25) is 4.79 Å². The van der Waals surface area contributed by atoms with E-state index < -0.39 is 10.0 Å². The number of carbonyl (C=O) groups excluding carboxylic acids is 1. The minimum atomic E-state index is -3.48. The van der Waals surface area contributed by atoms with Crippen LogP contribution in [0.2, 0.25) is 0 Å². The topological polar surface area (TPSA) is 79.0 Å². The van der Waals surface area contributed by atoms with E-state index in [4.69, 9.17) is 4.74 Å². The molecule has 2 heterocycles. The molecule has 1 atom stereocenters. The van der Waals surface area contributed by atoms with Gasteiger partial charge in [-0.2, -0.15) is 4.31 Å². The van der Waals surface area contributed by atoms with Crippen LogP contribution in [0, 0.1) is 5.92 Å². The second-order valence-corrected chi connectivity index (χ2v) is 10.8. The number of hydrogen-bond acceptors (Lipinski definition) is 5. The maximum absolute atomic E-state index is 12.9. The first-order valence-electron chi connectivity index (χ1n) is 11.6. The molecule has 2 aliphatic rings. The minimum Gasteiger partial charge on any atom is -0.496 e. The zero-order valence-corrected chi connectivity index (χ0v) is 19.8. The summed E-state index contributed by atoms with van der Waals surface area (Å²) >= 11 is 0. The quantitative estimate of drug-likeness (QED) is 0.553. The third-order valence-electron chi connectivity index (χ3n) is 6.29. The van der Waals surface area contributed by atoms with Gasteiger partial charge in [-0.1, -0.05) is 6.92 Å². The zero-order valence-electron chi connectivity index (χ0n) is 18.9. The molecule has 31 heavy (non-hydrogen) atoms. The van der Waals surface area contributed by atoms with E-state index in [2.05, 4.69) is 17.1 Å². The van der Waals surface area contributed by atoms with Crippen molar-refractivity contribution in [2.24, 2.45) is 5.92 Å². The Morgan fingerprint density at radius 2 is 1.97 bits per heavy atom. The Morgan fingerprint density at radius 3 is 2.68 bits per heavy atom. The Morgan fingerprint density at radius 1 is 1.19 bits per heavy atom. The SMILES string of the molecule is COc1ccc(S(=O)(=O)N2CCCC2)cc1CCC(=O)NCCCN1CCCC(C)C1. The van der Waals surface area contributed by atoms with Gasteiger partial charge < -0.3 is 15.0 Å². The van der Waals surface area contributed by atoms with Gasteiger partial charge in [0, 0.05) is 32.6 Å². The van der Waals surface area contributed by atoms with Gasteiger partial charge in [0.1, 0.15) is 5.75 Å². The first-order chi connectivity index (χ1) is 14.9. The molecule has 1 aromatic carbocycles. The Hall–Kier alpha value is -1.64. The third-order valence-corrected chi connectivity index (χ3v) is 8.19.